The molecule has 106 valence electrons. The minimum absolute atomic E-state index is 0.0756. The van der Waals surface area contributed by atoms with Gasteiger partial charge in [0.25, 0.3) is 0 Å². The highest BCUT2D eigenvalue weighted by Gasteiger charge is 2.02. The van der Waals surface area contributed by atoms with E-state index in [1.54, 1.807) is 22.9 Å². The second-order valence-electron chi connectivity index (χ2n) is 4.68. The number of benzene rings is 2. The fraction of sp³-hybridized carbons (Fsp3) is 0.125. The predicted molar refractivity (Wildman–Crippen MR) is 80.9 cm³/mol. The molecule has 0 aliphatic rings. The Labute approximate surface area is 120 Å². The van der Waals surface area contributed by atoms with Gasteiger partial charge in [-0.1, -0.05) is 12.1 Å². The third-order valence-corrected chi connectivity index (χ3v) is 3.26. The number of hydrogen-bond acceptors (Lipinski definition) is 3. The topological polar surface area (TPSA) is 46.9 Å². The fourth-order valence-electron chi connectivity index (χ4n) is 2.21. The third-order valence-electron chi connectivity index (χ3n) is 3.26. The van der Waals surface area contributed by atoms with Crippen LogP contribution in [0.2, 0.25) is 0 Å². The number of aromatic nitrogens is 2. The first-order chi connectivity index (χ1) is 10.2. The van der Waals surface area contributed by atoms with Crippen molar-refractivity contribution in [2.24, 2.45) is 0 Å². The second-order valence-corrected chi connectivity index (χ2v) is 4.68. The summed E-state index contributed by atoms with van der Waals surface area (Å²) in [7, 11) is 0. The van der Waals surface area contributed by atoms with Crippen LogP contribution in [0.3, 0.4) is 0 Å². The molecule has 3 rings (SSSR count). The van der Waals surface area contributed by atoms with Crippen LogP contribution in [0.5, 0.6) is 0 Å². The minimum atomic E-state index is -0.256. The van der Waals surface area contributed by atoms with Crippen LogP contribution < -0.4 is 10.7 Å². The first-order valence-electron chi connectivity index (χ1n) is 6.68. The lowest BCUT2D eigenvalue weighted by Gasteiger charge is -2.10. The number of rotatable bonds is 4. The van der Waals surface area contributed by atoms with Gasteiger partial charge in [0, 0.05) is 17.6 Å². The Morgan fingerprint density at radius 1 is 1.10 bits per heavy atom. The Bertz CT molecular complexity index is 812. The molecular formula is C16H14FN3O. The molecule has 0 saturated carbocycles. The first kappa shape index (κ1) is 13.3. The summed E-state index contributed by atoms with van der Waals surface area (Å²) in [6.07, 6.45) is 1.33. The van der Waals surface area contributed by atoms with Crippen molar-refractivity contribution in [3.05, 3.63) is 70.8 Å². The van der Waals surface area contributed by atoms with E-state index in [0.29, 0.717) is 18.5 Å². The molecule has 1 heterocycles. The molecule has 4 nitrogen and oxygen atoms in total. The number of fused-ring (bicyclic) bond motifs is 1. The summed E-state index contributed by atoms with van der Waals surface area (Å²) in [6, 6.07) is 13.6. The van der Waals surface area contributed by atoms with Crippen molar-refractivity contribution < 1.29 is 4.39 Å². The SMILES string of the molecule is O=c1cnn(CCNc2ccc(F)cc2)c2ccccc12. The van der Waals surface area contributed by atoms with Crippen molar-refractivity contribution in [3.63, 3.8) is 0 Å². The molecule has 1 N–H and O–H groups in total. The quantitative estimate of drug-likeness (QED) is 0.800. The van der Waals surface area contributed by atoms with Crippen LogP contribution in [-0.2, 0) is 6.54 Å². The fourth-order valence-corrected chi connectivity index (χ4v) is 2.21. The number of nitrogens with one attached hydrogen (secondary N) is 1. The molecule has 3 aromatic rings. The van der Waals surface area contributed by atoms with E-state index in [2.05, 4.69) is 10.4 Å². The van der Waals surface area contributed by atoms with Crippen LogP contribution in [0.25, 0.3) is 10.9 Å². The number of anilines is 1. The van der Waals surface area contributed by atoms with E-state index in [1.165, 1.54) is 18.3 Å². The van der Waals surface area contributed by atoms with Crippen molar-refractivity contribution in [3.8, 4) is 0 Å². The van der Waals surface area contributed by atoms with Crippen LogP contribution in [0.15, 0.2) is 59.5 Å². The van der Waals surface area contributed by atoms with Crippen LogP contribution >= 0.6 is 0 Å². The Kier molecular flexibility index (Phi) is 3.64. The van der Waals surface area contributed by atoms with Crippen LogP contribution in [0.1, 0.15) is 0 Å². The summed E-state index contributed by atoms with van der Waals surface area (Å²) in [5.41, 5.74) is 1.58. The summed E-state index contributed by atoms with van der Waals surface area (Å²) in [5, 5.41) is 8.01. The van der Waals surface area contributed by atoms with Gasteiger partial charge in [0.1, 0.15) is 5.82 Å². The highest BCUT2D eigenvalue weighted by atomic mass is 19.1. The number of hydrogen-bond donors (Lipinski definition) is 1. The number of para-hydroxylation sites is 1. The van der Waals surface area contributed by atoms with Gasteiger partial charge in [-0.25, -0.2) is 4.39 Å². The Balaban J connectivity index is 1.75. The number of nitrogens with zero attached hydrogens (tertiary/aromatic N) is 2. The Hall–Kier alpha value is -2.69. The van der Waals surface area contributed by atoms with Gasteiger partial charge in [0.05, 0.1) is 18.3 Å². The Morgan fingerprint density at radius 3 is 2.67 bits per heavy atom. The average Bonchev–Trinajstić information content (AvgIpc) is 2.52. The van der Waals surface area contributed by atoms with Gasteiger partial charge in [-0.3, -0.25) is 9.48 Å². The molecule has 0 aliphatic carbocycles. The molecule has 1 aromatic heterocycles. The molecule has 0 bridgehead atoms. The first-order valence-corrected chi connectivity index (χ1v) is 6.68. The molecule has 0 amide bonds. The predicted octanol–water partition coefficient (Wildman–Crippen LogP) is 2.65. The van der Waals surface area contributed by atoms with Gasteiger partial charge < -0.3 is 5.32 Å². The molecule has 5 heteroatoms. The second kappa shape index (κ2) is 5.75. The normalized spacial score (nSPS) is 10.7. The zero-order valence-electron chi connectivity index (χ0n) is 11.3. The molecular weight excluding hydrogens is 269 g/mol. The summed E-state index contributed by atoms with van der Waals surface area (Å²) in [5.74, 6) is -0.256. The molecule has 0 unspecified atom stereocenters. The maximum absolute atomic E-state index is 12.8. The molecule has 0 radical (unpaired) electrons. The molecule has 0 fully saturated rings. The van der Waals surface area contributed by atoms with Crippen LogP contribution in [-0.4, -0.2) is 16.3 Å². The zero-order valence-corrected chi connectivity index (χ0v) is 11.3. The van der Waals surface area contributed by atoms with Crippen LogP contribution in [0.4, 0.5) is 10.1 Å². The van der Waals surface area contributed by atoms with E-state index in [1.807, 2.05) is 18.2 Å². The Morgan fingerprint density at radius 2 is 1.86 bits per heavy atom. The van der Waals surface area contributed by atoms with E-state index in [4.69, 9.17) is 0 Å². The van der Waals surface area contributed by atoms with Gasteiger partial charge in [0.2, 0.25) is 5.43 Å². The smallest absolute Gasteiger partial charge is 0.207 e. The molecule has 0 atom stereocenters. The largest absolute Gasteiger partial charge is 0.383 e. The standard InChI is InChI=1S/C16H14FN3O/c17-12-5-7-13(8-6-12)18-9-10-20-15-4-2-1-3-14(15)16(21)11-19-20/h1-8,11,18H,9-10H2. The lowest BCUT2D eigenvalue weighted by atomic mass is 10.2. The number of halogens is 1. The van der Waals surface area contributed by atoms with Crippen molar-refractivity contribution in [1.29, 1.82) is 0 Å². The minimum Gasteiger partial charge on any atom is -0.383 e. The molecule has 0 spiro atoms. The van der Waals surface area contributed by atoms with Gasteiger partial charge in [-0.2, -0.15) is 5.10 Å². The van der Waals surface area contributed by atoms with E-state index >= 15 is 0 Å². The summed E-state index contributed by atoms with van der Waals surface area (Å²) >= 11 is 0. The average molecular weight is 283 g/mol. The van der Waals surface area contributed by atoms with Crippen molar-refractivity contribution >= 4 is 16.6 Å². The van der Waals surface area contributed by atoms with Crippen molar-refractivity contribution in [1.82, 2.24) is 9.78 Å². The summed E-state index contributed by atoms with van der Waals surface area (Å²) in [6.45, 7) is 1.24. The summed E-state index contributed by atoms with van der Waals surface area (Å²) in [4.78, 5) is 11.7. The van der Waals surface area contributed by atoms with Gasteiger partial charge in [0.15, 0.2) is 0 Å². The van der Waals surface area contributed by atoms with E-state index < -0.39 is 0 Å². The lowest BCUT2D eigenvalue weighted by molar-refractivity contribution is 0.627. The third kappa shape index (κ3) is 2.91. The summed E-state index contributed by atoms with van der Waals surface area (Å²) < 4.78 is 14.6. The highest BCUT2D eigenvalue weighted by Crippen LogP contribution is 2.09. The monoisotopic (exact) mass is 283 g/mol. The lowest BCUT2D eigenvalue weighted by Crippen LogP contribution is -2.17. The van der Waals surface area contributed by atoms with Gasteiger partial charge in [-0.05, 0) is 36.4 Å². The molecule has 0 aliphatic heterocycles. The molecule has 0 saturated heterocycles. The van der Waals surface area contributed by atoms with E-state index in [-0.39, 0.29) is 11.2 Å². The highest BCUT2D eigenvalue weighted by molar-refractivity contribution is 5.77. The van der Waals surface area contributed by atoms with Crippen molar-refractivity contribution in [2.45, 2.75) is 6.54 Å². The molecule has 21 heavy (non-hydrogen) atoms. The van der Waals surface area contributed by atoms with Crippen LogP contribution in [0, 0.1) is 5.82 Å². The van der Waals surface area contributed by atoms with E-state index in [9.17, 15) is 9.18 Å². The van der Waals surface area contributed by atoms with Crippen molar-refractivity contribution in [2.75, 3.05) is 11.9 Å². The van der Waals surface area contributed by atoms with Gasteiger partial charge in [-0.15, -0.1) is 0 Å². The zero-order chi connectivity index (χ0) is 14.7. The van der Waals surface area contributed by atoms with E-state index in [0.717, 1.165) is 11.2 Å². The van der Waals surface area contributed by atoms with Gasteiger partial charge >= 0.3 is 0 Å². The maximum atomic E-state index is 12.8. The molecule has 2 aromatic carbocycles. The maximum Gasteiger partial charge on any atom is 0.207 e.